The first-order chi connectivity index (χ1) is 12.0. The van der Waals surface area contributed by atoms with Gasteiger partial charge in [-0.05, 0) is 44.2 Å². The van der Waals surface area contributed by atoms with Gasteiger partial charge in [0.1, 0.15) is 5.75 Å². The van der Waals surface area contributed by atoms with Crippen LogP contribution in [-0.2, 0) is 0 Å². The maximum absolute atomic E-state index is 12.4. The third-order valence-corrected chi connectivity index (χ3v) is 3.90. The predicted octanol–water partition coefficient (Wildman–Crippen LogP) is 3.70. The molecule has 0 atom stereocenters. The van der Waals surface area contributed by atoms with Gasteiger partial charge in [-0.1, -0.05) is 0 Å². The van der Waals surface area contributed by atoms with E-state index < -0.39 is 4.92 Å². The van der Waals surface area contributed by atoms with Crippen LogP contribution in [0.1, 0.15) is 24.2 Å². The van der Waals surface area contributed by atoms with Crippen LogP contribution in [0.4, 0.5) is 17.1 Å². The SMILES string of the molecule is CCN(CC)c1ccc(C(=O)Nc2ccc([N+](=O)[O-])cc2OC)cc1. The van der Waals surface area contributed by atoms with Crippen LogP contribution >= 0.6 is 0 Å². The number of nitrogens with zero attached hydrogens (tertiary/aromatic N) is 2. The number of nitro groups is 1. The highest BCUT2D eigenvalue weighted by molar-refractivity contribution is 6.05. The highest BCUT2D eigenvalue weighted by atomic mass is 16.6. The fourth-order valence-electron chi connectivity index (χ4n) is 2.50. The van der Waals surface area contributed by atoms with Gasteiger partial charge in [-0.25, -0.2) is 0 Å². The van der Waals surface area contributed by atoms with Gasteiger partial charge in [0.2, 0.25) is 0 Å². The Bertz CT molecular complexity index is 755. The summed E-state index contributed by atoms with van der Waals surface area (Å²) in [6.45, 7) is 5.93. The van der Waals surface area contributed by atoms with Crippen molar-refractivity contribution in [3.63, 3.8) is 0 Å². The van der Waals surface area contributed by atoms with Gasteiger partial charge in [0.05, 0.1) is 23.8 Å². The number of anilines is 2. The topological polar surface area (TPSA) is 84.7 Å². The summed E-state index contributed by atoms with van der Waals surface area (Å²) in [6.07, 6.45) is 0. The number of carbonyl (C=O) groups excluding carboxylic acids is 1. The van der Waals surface area contributed by atoms with Crippen LogP contribution in [-0.4, -0.2) is 31.0 Å². The molecule has 7 nitrogen and oxygen atoms in total. The molecule has 0 aliphatic heterocycles. The number of ether oxygens (including phenoxy) is 1. The lowest BCUT2D eigenvalue weighted by molar-refractivity contribution is -0.384. The molecule has 0 saturated carbocycles. The Morgan fingerprint density at radius 2 is 1.80 bits per heavy atom. The molecule has 0 aliphatic rings. The minimum absolute atomic E-state index is 0.0987. The highest BCUT2D eigenvalue weighted by Gasteiger charge is 2.14. The lowest BCUT2D eigenvalue weighted by atomic mass is 10.1. The van der Waals surface area contributed by atoms with Crippen LogP contribution in [0.2, 0.25) is 0 Å². The zero-order valence-electron chi connectivity index (χ0n) is 14.5. The normalized spacial score (nSPS) is 10.2. The molecule has 0 aliphatic carbocycles. The van der Waals surface area contributed by atoms with Crippen molar-refractivity contribution >= 4 is 23.0 Å². The molecule has 0 saturated heterocycles. The van der Waals surface area contributed by atoms with Gasteiger partial charge in [0.15, 0.2) is 0 Å². The van der Waals surface area contributed by atoms with Crippen molar-refractivity contribution in [2.45, 2.75) is 13.8 Å². The maximum Gasteiger partial charge on any atom is 0.273 e. The molecule has 2 aromatic rings. The number of hydrogen-bond acceptors (Lipinski definition) is 5. The summed E-state index contributed by atoms with van der Waals surface area (Å²) >= 11 is 0. The molecule has 132 valence electrons. The van der Waals surface area contributed by atoms with Crippen LogP contribution in [0.25, 0.3) is 0 Å². The number of carbonyl (C=O) groups is 1. The van der Waals surface area contributed by atoms with E-state index in [1.165, 1.54) is 25.3 Å². The molecule has 25 heavy (non-hydrogen) atoms. The number of non-ortho nitro benzene ring substituents is 1. The Morgan fingerprint density at radius 3 is 2.32 bits per heavy atom. The molecule has 1 N–H and O–H groups in total. The third-order valence-electron chi connectivity index (χ3n) is 3.90. The minimum Gasteiger partial charge on any atom is -0.494 e. The van der Waals surface area contributed by atoms with Crippen LogP contribution in [0.15, 0.2) is 42.5 Å². The highest BCUT2D eigenvalue weighted by Crippen LogP contribution is 2.29. The van der Waals surface area contributed by atoms with E-state index in [0.29, 0.717) is 11.3 Å². The van der Waals surface area contributed by atoms with Crippen LogP contribution < -0.4 is 15.0 Å². The van der Waals surface area contributed by atoms with Gasteiger partial charge in [-0.3, -0.25) is 14.9 Å². The van der Waals surface area contributed by atoms with Crippen molar-refractivity contribution in [1.29, 1.82) is 0 Å². The second-order valence-corrected chi connectivity index (χ2v) is 5.31. The fourth-order valence-corrected chi connectivity index (χ4v) is 2.50. The largest absolute Gasteiger partial charge is 0.494 e. The molecule has 0 aromatic heterocycles. The Hall–Kier alpha value is -3.09. The number of benzene rings is 2. The molecule has 0 fully saturated rings. The van der Waals surface area contributed by atoms with E-state index in [-0.39, 0.29) is 17.3 Å². The average Bonchev–Trinajstić information content (AvgIpc) is 2.63. The zero-order chi connectivity index (χ0) is 18.4. The fraction of sp³-hybridized carbons (Fsp3) is 0.278. The minimum atomic E-state index is -0.514. The van der Waals surface area contributed by atoms with Crippen molar-refractivity contribution in [3.05, 3.63) is 58.1 Å². The van der Waals surface area contributed by atoms with Gasteiger partial charge in [0.25, 0.3) is 11.6 Å². The Kier molecular flexibility index (Phi) is 5.94. The molecule has 0 radical (unpaired) electrons. The molecule has 0 heterocycles. The molecule has 0 spiro atoms. The Labute approximate surface area is 146 Å². The van der Waals surface area contributed by atoms with Crippen molar-refractivity contribution in [1.82, 2.24) is 0 Å². The second-order valence-electron chi connectivity index (χ2n) is 5.31. The van der Waals surface area contributed by atoms with E-state index in [0.717, 1.165) is 18.8 Å². The smallest absolute Gasteiger partial charge is 0.273 e. The molecular formula is C18H21N3O4. The van der Waals surface area contributed by atoms with E-state index in [4.69, 9.17) is 4.74 Å². The zero-order valence-corrected chi connectivity index (χ0v) is 14.5. The summed E-state index contributed by atoms with van der Waals surface area (Å²) in [7, 11) is 1.40. The van der Waals surface area contributed by atoms with E-state index in [1.54, 1.807) is 12.1 Å². The molecule has 7 heteroatoms. The predicted molar refractivity (Wildman–Crippen MR) is 97.6 cm³/mol. The van der Waals surface area contributed by atoms with Crippen LogP contribution in [0, 0.1) is 10.1 Å². The van der Waals surface area contributed by atoms with E-state index in [9.17, 15) is 14.9 Å². The molecule has 0 bridgehead atoms. The summed E-state index contributed by atoms with van der Waals surface area (Å²) in [6, 6.07) is 11.4. The van der Waals surface area contributed by atoms with Crippen molar-refractivity contribution in [2.75, 3.05) is 30.4 Å². The summed E-state index contributed by atoms with van der Waals surface area (Å²) < 4.78 is 5.13. The summed E-state index contributed by atoms with van der Waals surface area (Å²) in [5.74, 6) is -0.0689. The number of amides is 1. The average molecular weight is 343 g/mol. The summed E-state index contributed by atoms with van der Waals surface area (Å²) in [5.41, 5.74) is 1.83. The van der Waals surface area contributed by atoms with Crippen molar-refractivity contribution < 1.29 is 14.5 Å². The number of methoxy groups -OCH3 is 1. The summed E-state index contributed by atoms with van der Waals surface area (Å²) in [4.78, 5) is 24.9. The second kappa shape index (κ2) is 8.14. The van der Waals surface area contributed by atoms with Crippen molar-refractivity contribution in [2.24, 2.45) is 0 Å². The van der Waals surface area contributed by atoms with Gasteiger partial charge in [-0.2, -0.15) is 0 Å². The standard InChI is InChI=1S/C18H21N3O4/c1-4-20(5-2)14-8-6-13(7-9-14)18(22)19-16-11-10-15(21(23)24)12-17(16)25-3/h6-12H,4-5H2,1-3H3,(H,19,22). The molecule has 2 aromatic carbocycles. The first kappa shape index (κ1) is 18.3. The molecule has 0 unspecified atom stereocenters. The lowest BCUT2D eigenvalue weighted by Crippen LogP contribution is -2.21. The number of nitro benzene ring substituents is 1. The quantitative estimate of drug-likeness (QED) is 0.612. The Balaban J connectivity index is 2.18. The number of hydrogen-bond donors (Lipinski definition) is 1. The first-order valence-electron chi connectivity index (χ1n) is 7.98. The number of nitrogens with one attached hydrogen (secondary N) is 1. The van der Waals surface area contributed by atoms with Gasteiger partial charge < -0.3 is 15.0 Å². The van der Waals surface area contributed by atoms with Crippen molar-refractivity contribution in [3.8, 4) is 5.75 Å². The van der Waals surface area contributed by atoms with Crippen LogP contribution in [0.5, 0.6) is 5.75 Å². The number of rotatable bonds is 7. The van der Waals surface area contributed by atoms with Crippen LogP contribution in [0.3, 0.4) is 0 Å². The molecular weight excluding hydrogens is 322 g/mol. The van der Waals surface area contributed by atoms with E-state index in [2.05, 4.69) is 24.1 Å². The summed E-state index contributed by atoms with van der Waals surface area (Å²) in [5, 5.41) is 13.5. The lowest BCUT2D eigenvalue weighted by Gasteiger charge is -2.21. The van der Waals surface area contributed by atoms with E-state index in [1.807, 2.05) is 12.1 Å². The first-order valence-corrected chi connectivity index (χ1v) is 7.98. The molecule has 2 rings (SSSR count). The molecule has 1 amide bonds. The van der Waals surface area contributed by atoms with Gasteiger partial charge >= 0.3 is 0 Å². The third kappa shape index (κ3) is 4.26. The monoisotopic (exact) mass is 343 g/mol. The Morgan fingerprint density at radius 1 is 1.16 bits per heavy atom. The van der Waals surface area contributed by atoms with Gasteiger partial charge in [0, 0.05) is 30.4 Å². The van der Waals surface area contributed by atoms with Gasteiger partial charge in [-0.15, -0.1) is 0 Å². The maximum atomic E-state index is 12.4. The van der Waals surface area contributed by atoms with E-state index >= 15 is 0 Å².